The standard InChI is InChI=1S/C44H52N8O6/c1-24(2)36(49-42(55)57-5)39(53)51-17-7-8-35(51)38-45-22-34(46-38)31-12-11-27-18-28(9-10-29(27)19-31)30-13-14-32-33(20-30)48-41(47-32)44-16-15-26(21-44)23-52(44)40(54)37(25(3)4)50-43(56)58-6/h9-14,18-20,22,24-26,35-37H,7-8,15-17,21,23H2,1-6H3,(H,45,46)(H,47,48)(H,49,55)(H,50,56)/t26?,35-,36+,37-,44?/m0/s1. The van der Waals surface area contributed by atoms with Gasteiger partial charge in [0, 0.05) is 24.8 Å². The summed E-state index contributed by atoms with van der Waals surface area (Å²) < 4.78 is 9.61. The topological polar surface area (TPSA) is 175 Å². The third-order valence-electron chi connectivity index (χ3n) is 12.4. The van der Waals surface area contributed by atoms with Crippen LogP contribution in [0.5, 0.6) is 0 Å². The van der Waals surface area contributed by atoms with E-state index in [1.54, 1.807) is 0 Å². The Hall–Kier alpha value is -5.92. The van der Waals surface area contributed by atoms with Gasteiger partial charge < -0.3 is 39.9 Å². The van der Waals surface area contributed by atoms with Gasteiger partial charge in [-0.3, -0.25) is 9.59 Å². The maximum atomic E-state index is 14.0. The number of amides is 4. The first-order valence-electron chi connectivity index (χ1n) is 20.3. The number of hydrogen-bond donors (Lipinski definition) is 4. The fraction of sp³-hybridized carbons (Fsp3) is 0.455. The molecule has 3 aromatic carbocycles. The second-order valence-corrected chi connectivity index (χ2v) is 16.8. The molecule has 2 saturated heterocycles. The lowest BCUT2D eigenvalue weighted by atomic mass is 9.93. The number of likely N-dealkylation sites (tertiary alicyclic amines) is 2. The van der Waals surface area contributed by atoms with E-state index in [-0.39, 0.29) is 29.7 Å². The fourth-order valence-corrected chi connectivity index (χ4v) is 9.31. The zero-order valence-corrected chi connectivity index (χ0v) is 33.9. The molecule has 8 rings (SSSR count). The normalized spacial score (nSPS) is 21.2. The van der Waals surface area contributed by atoms with Crippen LogP contribution in [0.15, 0.2) is 60.8 Å². The van der Waals surface area contributed by atoms with Crippen LogP contribution in [0.1, 0.15) is 77.5 Å². The molecule has 5 atom stereocenters. The summed E-state index contributed by atoms with van der Waals surface area (Å²) in [6.45, 7) is 8.90. The van der Waals surface area contributed by atoms with E-state index in [1.165, 1.54) is 14.2 Å². The number of nitrogens with zero attached hydrogens (tertiary/aromatic N) is 4. The van der Waals surface area contributed by atoms with Gasteiger partial charge in [-0.15, -0.1) is 0 Å². The molecule has 2 aromatic heterocycles. The van der Waals surface area contributed by atoms with Crippen LogP contribution in [0, 0.1) is 17.8 Å². The van der Waals surface area contributed by atoms with Gasteiger partial charge in [0.2, 0.25) is 11.8 Å². The Morgan fingerprint density at radius 3 is 2.12 bits per heavy atom. The Bertz CT molecular complexity index is 2390. The Kier molecular flexibility index (Phi) is 10.4. The number of aromatic nitrogens is 4. The first-order chi connectivity index (χ1) is 27.9. The number of ether oxygens (including phenoxy) is 2. The summed E-state index contributed by atoms with van der Waals surface area (Å²) in [5, 5.41) is 7.62. The second kappa shape index (κ2) is 15.4. The van der Waals surface area contributed by atoms with Crippen LogP contribution in [0.25, 0.3) is 44.2 Å². The molecular formula is C44H52N8O6. The summed E-state index contributed by atoms with van der Waals surface area (Å²) in [5.74, 6) is 1.45. The van der Waals surface area contributed by atoms with Crippen molar-refractivity contribution in [2.45, 2.75) is 83.5 Å². The third-order valence-corrected chi connectivity index (χ3v) is 12.4. The van der Waals surface area contributed by atoms with E-state index in [4.69, 9.17) is 19.4 Å². The first kappa shape index (κ1) is 38.9. The van der Waals surface area contributed by atoms with E-state index in [0.29, 0.717) is 19.0 Å². The predicted octanol–water partition coefficient (Wildman–Crippen LogP) is 7.04. The number of piperidine rings is 1. The van der Waals surface area contributed by atoms with Gasteiger partial charge in [0.15, 0.2) is 0 Å². The van der Waals surface area contributed by atoms with E-state index >= 15 is 0 Å². The fourth-order valence-electron chi connectivity index (χ4n) is 9.31. The minimum absolute atomic E-state index is 0.102. The van der Waals surface area contributed by atoms with Crippen molar-refractivity contribution in [1.82, 2.24) is 40.4 Å². The number of rotatable bonds is 10. The number of carbonyl (C=O) groups excluding carboxylic acids is 4. The summed E-state index contributed by atoms with van der Waals surface area (Å²) in [6, 6.07) is 17.4. The van der Waals surface area contributed by atoms with Crippen LogP contribution in [0.3, 0.4) is 0 Å². The van der Waals surface area contributed by atoms with Crippen molar-refractivity contribution < 1.29 is 28.7 Å². The highest BCUT2D eigenvalue weighted by molar-refractivity contribution is 5.92. The van der Waals surface area contributed by atoms with Crippen molar-refractivity contribution in [3.63, 3.8) is 0 Å². The van der Waals surface area contributed by atoms with Gasteiger partial charge >= 0.3 is 12.2 Å². The number of imidazole rings is 2. The summed E-state index contributed by atoms with van der Waals surface area (Å²) in [4.78, 5) is 72.5. The molecule has 2 aliphatic heterocycles. The Morgan fingerprint density at radius 1 is 0.810 bits per heavy atom. The maximum absolute atomic E-state index is 14.0. The number of carbonyl (C=O) groups is 4. The van der Waals surface area contributed by atoms with Crippen molar-refractivity contribution >= 4 is 45.8 Å². The molecule has 58 heavy (non-hydrogen) atoms. The van der Waals surface area contributed by atoms with Crippen LogP contribution in [-0.4, -0.2) is 93.1 Å². The molecule has 0 radical (unpaired) electrons. The Labute approximate surface area is 337 Å². The minimum atomic E-state index is -0.692. The molecule has 4 N–H and O–H groups in total. The maximum Gasteiger partial charge on any atom is 0.407 e. The number of alkyl carbamates (subject to hydrolysis) is 2. The first-order valence-corrected chi connectivity index (χ1v) is 20.3. The van der Waals surface area contributed by atoms with Crippen LogP contribution >= 0.6 is 0 Å². The minimum Gasteiger partial charge on any atom is -0.453 e. The van der Waals surface area contributed by atoms with Gasteiger partial charge in [-0.1, -0.05) is 58.0 Å². The van der Waals surface area contributed by atoms with E-state index in [1.807, 2.05) is 43.7 Å². The van der Waals surface area contributed by atoms with Crippen LogP contribution in [0.4, 0.5) is 9.59 Å². The molecule has 3 fully saturated rings. The van der Waals surface area contributed by atoms with E-state index in [0.717, 1.165) is 87.9 Å². The monoisotopic (exact) mass is 788 g/mol. The van der Waals surface area contributed by atoms with Crippen molar-refractivity contribution in [2.75, 3.05) is 27.3 Å². The lowest BCUT2D eigenvalue weighted by Crippen LogP contribution is -2.56. The summed E-state index contributed by atoms with van der Waals surface area (Å²) in [5.41, 5.74) is 5.06. The molecule has 2 unspecified atom stereocenters. The van der Waals surface area contributed by atoms with Crippen molar-refractivity contribution in [3.8, 4) is 22.4 Å². The molecule has 304 valence electrons. The highest BCUT2D eigenvalue weighted by atomic mass is 16.5. The van der Waals surface area contributed by atoms with Gasteiger partial charge in [-0.2, -0.15) is 0 Å². The lowest BCUT2D eigenvalue weighted by molar-refractivity contribution is -0.140. The molecule has 3 aliphatic rings. The van der Waals surface area contributed by atoms with Gasteiger partial charge in [0.25, 0.3) is 0 Å². The van der Waals surface area contributed by atoms with Gasteiger partial charge in [-0.05, 0) is 96.0 Å². The molecule has 0 spiro atoms. The molecule has 14 heteroatoms. The smallest absolute Gasteiger partial charge is 0.407 e. The molecule has 4 heterocycles. The summed E-state index contributed by atoms with van der Waals surface area (Å²) >= 11 is 0. The Balaban J connectivity index is 1.01. The van der Waals surface area contributed by atoms with Crippen LogP contribution in [-0.2, 0) is 24.6 Å². The quantitative estimate of drug-likeness (QED) is 0.117. The summed E-state index contributed by atoms with van der Waals surface area (Å²) in [6.07, 6.45) is 4.97. The molecule has 1 aliphatic carbocycles. The predicted molar refractivity (Wildman–Crippen MR) is 219 cm³/mol. The number of methoxy groups -OCH3 is 2. The van der Waals surface area contributed by atoms with Crippen molar-refractivity contribution in [2.24, 2.45) is 17.8 Å². The van der Waals surface area contributed by atoms with Gasteiger partial charge in [-0.25, -0.2) is 19.6 Å². The molecule has 4 amide bonds. The SMILES string of the molecule is COC(=O)N[C@H](C(=O)N1CC2CCC1(c1nc3cc(-c4ccc5cc(-c6c[nH]c([C@@H]7CCCN7C(=O)[C@H](NC(=O)OC)C(C)C)n6)ccc5c4)ccc3[nH]1)C2)C(C)C. The number of nitrogens with one attached hydrogen (secondary N) is 4. The highest BCUT2D eigenvalue weighted by Crippen LogP contribution is 2.52. The Morgan fingerprint density at radius 2 is 1.45 bits per heavy atom. The zero-order valence-electron chi connectivity index (χ0n) is 33.9. The molecule has 14 nitrogen and oxygen atoms in total. The highest BCUT2D eigenvalue weighted by Gasteiger charge is 2.56. The average molecular weight is 789 g/mol. The molecule has 2 bridgehead atoms. The number of aromatic amines is 2. The average Bonchev–Trinajstić information content (AvgIpc) is 4.08. The molecular weight excluding hydrogens is 737 g/mol. The number of fused-ring (bicyclic) bond motifs is 4. The van der Waals surface area contributed by atoms with E-state index < -0.39 is 29.8 Å². The summed E-state index contributed by atoms with van der Waals surface area (Å²) in [7, 11) is 2.60. The third kappa shape index (κ3) is 7.02. The van der Waals surface area contributed by atoms with E-state index in [9.17, 15) is 19.2 Å². The molecule has 5 aromatic rings. The molecule has 1 saturated carbocycles. The number of hydrogen-bond acceptors (Lipinski definition) is 8. The van der Waals surface area contributed by atoms with Crippen molar-refractivity contribution in [3.05, 3.63) is 72.4 Å². The van der Waals surface area contributed by atoms with Crippen LogP contribution in [0.2, 0.25) is 0 Å². The van der Waals surface area contributed by atoms with Gasteiger partial charge in [0.1, 0.15) is 29.3 Å². The second-order valence-electron chi connectivity index (χ2n) is 16.8. The van der Waals surface area contributed by atoms with E-state index in [2.05, 4.69) is 75.2 Å². The largest absolute Gasteiger partial charge is 0.453 e. The van der Waals surface area contributed by atoms with Gasteiger partial charge in [0.05, 0.1) is 37.0 Å². The number of H-pyrrole nitrogens is 2. The van der Waals surface area contributed by atoms with Crippen molar-refractivity contribution in [1.29, 1.82) is 0 Å². The zero-order chi connectivity index (χ0) is 40.9. The van der Waals surface area contributed by atoms with Crippen LogP contribution < -0.4 is 10.6 Å². The number of benzene rings is 3. The lowest BCUT2D eigenvalue weighted by Gasteiger charge is -2.40.